The molecule has 0 fully saturated rings. The molecule has 0 saturated carbocycles. The van der Waals surface area contributed by atoms with E-state index in [1.807, 2.05) is 30.3 Å². The van der Waals surface area contributed by atoms with E-state index < -0.39 is 0 Å². The first kappa shape index (κ1) is 27.3. The van der Waals surface area contributed by atoms with Crippen LogP contribution in [0.15, 0.2) is 46.7 Å². The van der Waals surface area contributed by atoms with Crippen molar-refractivity contribution in [1.82, 2.24) is 0 Å². The van der Waals surface area contributed by atoms with Crippen LogP contribution in [0, 0.1) is 0 Å². The quantitative estimate of drug-likeness (QED) is 0.104. The maximum atomic E-state index is 13.2. The second-order valence-electron chi connectivity index (χ2n) is 9.84. The van der Waals surface area contributed by atoms with Crippen molar-refractivity contribution < 1.29 is 20.0 Å². The molecule has 0 saturated heterocycles. The number of benzene rings is 2. The van der Waals surface area contributed by atoms with Crippen LogP contribution in [0.3, 0.4) is 0 Å². The Hall–Kier alpha value is -3.28. The number of hydrogen-bond donors (Lipinski definition) is 2. The minimum atomic E-state index is -0.286. The van der Waals surface area contributed by atoms with Crippen molar-refractivity contribution in [2.75, 3.05) is 0 Å². The van der Waals surface area contributed by atoms with E-state index in [0.717, 1.165) is 67.2 Å². The van der Waals surface area contributed by atoms with Crippen molar-refractivity contribution in [2.24, 2.45) is 10.3 Å². The van der Waals surface area contributed by atoms with E-state index >= 15 is 0 Å². The molecule has 1 aliphatic carbocycles. The minimum Gasteiger partial charge on any atom is -0.411 e. The lowest BCUT2D eigenvalue weighted by molar-refractivity contribution is 0.105. The smallest absolute Gasteiger partial charge is 0.210 e. The van der Waals surface area contributed by atoms with Gasteiger partial charge in [0, 0.05) is 11.1 Å². The first-order chi connectivity index (χ1) is 17.4. The third-order valence-electron chi connectivity index (χ3n) is 7.41. The lowest BCUT2D eigenvalue weighted by Gasteiger charge is -2.34. The molecular formula is C30H38N2O4. The van der Waals surface area contributed by atoms with Gasteiger partial charge in [0.2, 0.25) is 11.6 Å². The molecule has 0 amide bonds. The zero-order chi connectivity index (χ0) is 26.2. The summed E-state index contributed by atoms with van der Waals surface area (Å²) >= 11 is 0. The molecule has 0 bridgehead atoms. The highest BCUT2D eigenvalue weighted by molar-refractivity contribution is 6.46. The first-order valence-electron chi connectivity index (χ1n) is 13.1. The maximum Gasteiger partial charge on any atom is 0.210 e. The standard InChI is InChI=1S/C30H38N2O4/c1-5-7-9-11-23-19(3)26-17-22(30(34)28(32-36)12-10-8-6-2)14-15-24(26)25-16-13-21(18-27(23)25)29(33)20(4)31-35/h13-19,23,35-36H,5-12H2,1-4H3/b31-20+,32-28+. The van der Waals surface area contributed by atoms with Gasteiger partial charge in [-0.15, -0.1) is 0 Å². The van der Waals surface area contributed by atoms with Crippen molar-refractivity contribution in [1.29, 1.82) is 0 Å². The molecule has 2 aromatic rings. The summed E-state index contributed by atoms with van der Waals surface area (Å²) in [6, 6.07) is 11.4. The Morgan fingerprint density at radius 1 is 0.806 bits per heavy atom. The van der Waals surface area contributed by atoms with Crippen LogP contribution in [0.5, 0.6) is 0 Å². The Labute approximate surface area is 214 Å². The normalized spacial score (nSPS) is 17.4. The predicted molar refractivity (Wildman–Crippen MR) is 144 cm³/mol. The Balaban J connectivity index is 2.05. The molecule has 2 N–H and O–H groups in total. The summed E-state index contributed by atoms with van der Waals surface area (Å²) < 4.78 is 0. The molecule has 6 heteroatoms. The summed E-state index contributed by atoms with van der Waals surface area (Å²) in [5, 5.41) is 25.0. The zero-order valence-electron chi connectivity index (χ0n) is 21.9. The number of oxime groups is 2. The summed E-state index contributed by atoms with van der Waals surface area (Å²) in [5.74, 6) is -0.175. The van der Waals surface area contributed by atoms with Gasteiger partial charge in [0.1, 0.15) is 11.4 Å². The van der Waals surface area contributed by atoms with Crippen LogP contribution in [0.4, 0.5) is 0 Å². The van der Waals surface area contributed by atoms with Gasteiger partial charge in [-0.25, -0.2) is 0 Å². The average molecular weight is 491 g/mol. The number of carbonyl (C=O) groups excluding carboxylic acids is 2. The van der Waals surface area contributed by atoms with Crippen molar-refractivity contribution in [3.63, 3.8) is 0 Å². The van der Waals surface area contributed by atoms with E-state index in [4.69, 9.17) is 5.21 Å². The van der Waals surface area contributed by atoms with Gasteiger partial charge in [-0.05, 0) is 72.4 Å². The molecule has 0 heterocycles. The van der Waals surface area contributed by atoms with Gasteiger partial charge < -0.3 is 10.4 Å². The summed E-state index contributed by atoms with van der Waals surface area (Å²) in [6.45, 7) is 7.96. The van der Waals surface area contributed by atoms with Gasteiger partial charge >= 0.3 is 0 Å². The van der Waals surface area contributed by atoms with Crippen LogP contribution in [-0.2, 0) is 0 Å². The largest absolute Gasteiger partial charge is 0.411 e. The second-order valence-corrected chi connectivity index (χ2v) is 9.84. The Bertz CT molecular complexity index is 1170. The van der Waals surface area contributed by atoms with Crippen molar-refractivity contribution in [2.45, 2.75) is 90.9 Å². The van der Waals surface area contributed by atoms with Crippen LogP contribution in [0.1, 0.15) is 123 Å². The Kier molecular flexibility index (Phi) is 9.57. The topological polar surface area (TPSA) is 99.3 Å². The van der Waals surface area contributed by atoms with Gasteiger partial charge in [-0.2, -0.15) is 0 Å². The van der Waals surface area contributed by atoms with Gasteiger partial charge in [0.25, 0.3) is 0 Å². The molecule has 0 aliphatic heterocycles. The molecular weight excluding hydrogens is 452 g/mol. The van der Waals surface area contributed by atoms with Crippen molar-refractivity contribution in [3.05, 3.63) is 58.7 Å². The maximum absolute atomic E-state index is 13.2. The Morgan fingerprint density at radius 2 is 1.39 bits per heavy atom. The first-order valence-corrected chi connectivity index (χ1v) is 13.1. The number of hydrogen-bond acceptors (Lipinski definition) is 6. The zero-order valence-corrected chi connectivity index (χ0v) is 21.9. The molecule has 0 radical (unpaired) electrons. The fourth-order valence-electron chi connectivity index (χ4n) is 5.26. The monoisotopic (exact) mass is 490 g/mol. The third-order valence-corrected chi connectivity index (χ3v) is 7.41. The molecule has 2 unspecified atom stereocenters. The third kappa shape index (κ3) is 5.75. The average Bonchev–Trinajstić information content (AvgIpc) is 2.91. The number of Topliss-reactive ketones (excluding diaryl/α,β-unsaturated/α-hetero) is 2. The number of ketones is 2. The number of unbranched alkanes of at least 4 members (excludes halogenated alkanes) is 4. The summed E-state index contributed by atoms with van der Waals surface area (Å²) in [5.41, 5.74) is 5.68. The molecule has 1 aliphatic rings. The highest BCUT2D eigenvalue weighted by Gasteiger charge is 2.32. The van der Waals surface area contributed by atoms with E-state index in [0.29, 0.717) is 17.5 Å². The number of carbonyl (C=O) groups is 2. The van der Waals surface area contributed by atoms with Crippen LogP contribution in [0.2, 0.25) is 0 Å². The molecule has 3 rings (SSSR count). The van der Waals surface area contributed by atoms with E-state index in [-0.39, 0.29) is 34.8 Å². The van der Waals surface area contributed by atoms with Crippen LogP contribution < -0.4 is 0 Å². The predicted octanol–water partition coefficient (Wildman–Crippen LogP) is 7.76. The molecule has 0 aromatic heterocycles. The molecule has 0 spiro atoms. The van der Waals surface area contributed by atoms with E-state index in [1.54, 1.807) is 6.07 Å². The van der Waals surface area contributed by atoms with Crippen LogP contribution >= 0.6 is 0 Å². The number of fused-ring (bicyclic) bond motifs is 3. The lowest BCUT2D eigenvalue weighted by atomic mass is 9.69. The molecule has 192 valence electrons. The van der Waals surface area contributed by atoms with Gasteiger partial charge in [-0.3, -0.25) is 9.59 Å². The van der Waals surface area contributed by atoms with Crippen molar-refractivity contribution >= 4 is 23.0 Å². The summed E-state index contributed by atoms with van der Waals surface area (Å²) in [7, 11) is 0. The minimum absolute atomic E-state index is 0.0604. The summed E-state index contributed by atoms with van der Waals surface area (Å²) in [4.78, 5) is 25.9. The van der Waals surface area contributed by atoms with E-state index in [1.165, 1.54) is 6.92 Å². The fourth-order valence-corrected chi connectivity index (χ4v) is 5.26. The molecule has 6 nitrogen and oxygen atoms in total. The SMILES string of the molecule is CCCCC/C(=N\O)C(=O)c1ccc2c(c1)C(C)C(CCCCC)c1cc(C(=O)/C(C)=N/O)ccc1-2. The highest BCUT2D eigenvalue weighted by atomic mass is 16.4. The van der Waals surface area contributed by atoms with Gasteiger partial charge in [0.05, 0.1) is 0 Å². The highest BCUT2D eigenvalue weighted by Crippen LogP contribution is 2.49. The van der Waals surface area contributed by atoms with E-state index in [9.17, 15) is 14.8 Å². The second kappa shape index (κ2) is 12.6. The molecule has 2 aromatic carbocycles. The van der Waals surface area contributed by atoms with Crippen molar-refractivity contribution in [3.8, 4) is 11.1 Å². The Morgan fingerprint density at radius 3 is 2.00 bits per heavy atom. The van der Waals surface area contributed by atoms with Gasteiger partial charge in [-0.1, -0.05) is 87.5 Å². The van der Waals surface area contributed by atoms with Crippen LogP contribution in [-0.4, -0.2) is 33.4 Å². The lowest BCUT2D eigenvalue weighted by Crippen LogP contribution is -2.20. The number of rotatable bonds is 12. The molecule has 36 heavy (non-hydrogen) atoms. The number of nitrogens with zero attached hydrogens (tertiary/aromatic N) is 2. The summed E-state index contributed by atoms with van der Waals surface area (Å²) in [6.07, 6.45) is 7.60. The van der Waals surface area contributed by atoms with Crippen LogP contribution in [0.25, 0.3) is 11.1 Å². The van der Waals surface area contributed by atoms with E-state index in [2.05, 4.69) is 31.1 Å². The van der Waals surface area contributed by atoms with Gasteiger partial charge in [0.15, 0.2) is 0 Å². The molecule has 2 atom stereocenters. The fraction of sp³-hybridized carbons (Fsp3) is 0.467.